The van der Waals surface area contributed by atoms with Gasteiger partial charge in [0.1, 0.15) is 34.6 Å². The van der Waals surface area contributed by atoms with E-state index in [0.717, 1.165) is 17.1 Å². The fraction of sp³-hybridized carbons (Fsp3) is 0.320. The van der Waals surface area contributed by atoms with Gasteiger partial charge in [0.25, 0.3) is 5.56 Å². The van der Waals surface area contributed by atoms with Crippen LogP contribution in [0.25, 0.3) is 17.1 Å². The second-order valence-electron chi connectivity index (χ2n) is 9.13. The first kappa shape index (κ1) is 23.8. The molecule has 0 radical (unpaired) electrons. The number of pyridine rings is 2. The highest BCUT2D eigenvalue weighted by Gasteiger charge is 2.20. The highest BCUT2D eigenvalue weighted by Crippen LogP contribution is 2.27. The summed E-state index contributed by atoms with van der Waals surface area (Å²) in [6, 6.07) is 5.47. The molecular formula is C25H26BrN5O3. The van der Waals surface area contributed by atoms with E-state index in [1.807, 2.05) is 32.2 Å². The van der Waals surface area contributed by atoms with E-state index in [2.05, 4.69) is 51.7 Å². The van der Waals surface area contributed by atoms with Gasteiger partial charge in [0.2, 0.25) is 0 Å². The lowest BCUT2D eigenvalue weighted by Crippen LogP contribution is -2.22. The van der Waals surface area contributed by atoms with Crippen LogP contribution in [0.15, 0.2) is 50.5 Å². The third-order valence-electron chi connectivity index (χ3n) is 5.23. The fourth-order valence-electron chi connectivity index (χ4n) is 3.48. The molecule has 0 saturated heterocycles. The summed E-state index contributed by atoms with van der Waals surface area (Å²) in [5, 5.41) is 0. The fourth-order valence-corrected chi connectivity index (χ4v) is 3.89. The molecule has 0 aromatic carbocycles. The molecule has 4 heterocycles. The van der Waals surface area contributed by atoms with E-state index in [4.69, 9.17) is 14.1 Å². The minimum absolute atomic E-state index is 0.195. The van der Waals surface area contributed by atoms with Gasteiger partial charge in [0, 0.05) is 36.5 Å². The van der Waals surface area contributed by atoms with Crippen LogP contribution in [0.5, 0.6) is 5.75 Å². The Bertz CT molecular complexity index is 1420. The molecule has 4 aromatic heterocycles. The van der Waals surface area contributed by atoms with Crippen LogP contribution in [0.2, 0.25) is 0 Å². The molecule has 0 saturated carbocycles. The van der Waals surface area contributed by atoms with Gasteiger partial charge < -0.3 is 9.15 Å². The number of halogens is 1. The van der Waals surface area contributed by atoms with Crippen LogP contribution in [0.1, 0.15) is 49.4 Å². The van der Waals surface area contributed by atoms with Crippen molar-refractivity contribution in [2.45, 2.75) is 53.6 Å². The van der Waals surface area contributed by atoms with Crippen LogP contribution in [0, 0.1) is 20.8 Å². The Balaban J connectivity index is 1.72. The predicted octanol–water partition coefficient (Wildman–Crippen LogP) is 5.24. The molecule has 0 spiro atoms. The predicted molar refractivity (Wildman–Crippen MR) is 132 cm³/mol. The summed E-state index contributed by atoms with van der Waals surface area (Å²) in [6.45, 7) is 12.0. The van der Waals surface area contributed by atoms with Crippen molar-refractivity contribution in [2.24, 2.45) is 0 Å². The molecule has 176 valence electrons. The average molecular weight is 524 g/mol. The van der Waals surface area contributed by atoms with E-state index in [1.54, 1.807) is 23.8 Å². The van der Waals surface area contributed by atoms with Gasteiger partial charge in [-0.05, 0) is 47.5 Å². The molecule has 0 amide bonds. The number of aryl methyl sites for hydroxylation is 3. The molecule has 0 bridgehead atoms. The molecule has 9 heteroatoms. The van der Waals surface area contributed by atoms with Crippen molar-refractivity contribution in [3.63, 3.8) is 0 Å². The Morgan fingerprint density at radius 2 is 1.88 bits per heavy atom. The zero-order chi connectivity index (χ0) is 24.6. The van der Waals surface area contributed by atoms with Crippen molar-refractivity contribution in [2.75, 3.05) is 0 Å². The standard InChI is InChI=1S/C25H26BrN5O3/c1-14-11-28-24(25(4,5)6)30-22(14)19-10-18(7-8-27-19)31-15(2)9-20(21(26)23(31)32)34-13-17-12-33-16(3)29-17/h7-12H,13H2,1-6H3. The van der Waals surface area contributed by atoms with Gasteiger partial charge in [-0.2, -0.15) is 0 Å². The summed E-state index contributed by atoms with van der Waals surface area (Å²) in [6.07, 6.45) is 5.03. The molecule has 4 rings (SSSR count). The number of hydrogen-bond acceptors (Lipinski definition) is 7. The lowest BCUT2D eigenvalue weighted by Gasteiger charge is -2.18. The van der Waals surface area contributed by atoms with Crippen LogP contribution in [0.3, 0.4) is 0 Å². The number of rotatable bonds is 5. The van der Waals surface area contributed by atoms with Crippen LogP contribution in [-0.4, -0.2) is 24.5 Å². The molecule has 34 heavy (non-hydrogen) atoms. The molecule has 8 nitrogen and oxygen atoms in total. The maximum Gasteiger partial charge on any atom is 0.273 e. The number of hydrogen-bond donors (Lipinski definition) is 0. The highest BCUT2D eigenvalue weighted by atomic mass is 79.9. The van der Waals surface area contributed by atoms with E-state index >= 15 is 0 Å². The zero-order valence-electron chi connectivity index (χ0n) is 20.0. The Morgan fingerprint density at radius 3 is 2.56 bits per heavy atom. The van der Waals surface area contributed by atoms with Gasteiger partial charge in [-0.1, -0.05) is 20.8 Å². The topological polar surface area (TPSA) is 95.9 Å². The number of oxazole rings is 1. The Labute approximate surface area is 206 Å². The molecule has 0 unspecified atom stereocenters. The van der Waals surface area contributed by atoms with Crippen molar-refractivity contribution in [1.29, 1.82) is 0 Å². The normalized spacial score (nSPS) is 11.6. The summed E-state index contributed by atoms with van der Waals surface area (Å²) in [5.74, 6) is 1.74. The maximum absolute atomic E-state index is 13.3. The summed E-state index contributed by atoms with van der Waals surface area (Å²) >= 11 is 3.41. The van der Waals surface area contributed by atoms with E-state index in [9.17, 15) is 4.79 Å². The van der Waals surface area contributed by atoms with Gasteiger partial charge in [0.15, 0.2) is 5.89 Å². The molecule has 0 aliphatic rings. The average Bonchev–Trinajstić information content (AvgIpc) is 3.20. The molecule has 0 atom stereocenters. The highest BCUT2D eigenvalue weighted by molar-refractivity contribution is 9.10. The van der Waals surface area contributed by atoms with Crippen LogP contribution < -0.4 is 10.3 Å². The number of aromatic nitrogens is 5. The number of ether oxygens (including phenoxy) is 1. The summed E-state index contributed by atoms with van der Waals surface area (Å²) in [5.41, 5.74) is 3.95. The molecule has 0 fully saturated rings. The maximum atomic E-state index is 13.3. The summed E-state index contributed by atoms with van der Waals surface area (Å²) in [4.78, 5) is 31.3. The van der Waals surface area contributed by atoms with E-state index in [0.29, 0.717) is 38.9 Å². The molecule has 4 aromatic rings. The Hall–Kier alpha value is -3.33. The molecule has 0 N–H and O–H groups in total. The molecular weight excluding hydrogens is 498 g/mol. The minimum atomic E-state index is -0.238. The third-order valence-corrected chi connectivity index (χ3v) is 5.96. The van der Waals surface area contributed by atoms with Crippen molar-refractivity contribution in [1.82, 2.24) is 24.5 Å². The Morgan fingerprint density at radius 1 is 1.12 bits per heavy atom. The van der Waals surface area contributed by atoms with Crippen LogP contribution in [-0.2, 0) is 12.0 Å². The lowest BCUT2D eigenvalue weighted by atomic mass is 9.95. The monoisotopic (exact) mass is 523 g/mol. The summed E-state index contributed by atoms with van der Waals surface area (Å²) in [7, 11) is 0. The van der Waals surface area contributed by atoms with Gasteiger partial charge >= 0.3 is 0 Å². The van der Waals surface area contributed by atoms with Crippen molar-refractivity contribution in [3.05, 3.63) is 80.3 Å². The molecule has 0 aliphatic carbocycles. The smallest absolute Gasteiger partial charge is 0.273 e. The van der Waals surface area contributed by atoms with E-state index < -0.39 is 0 Å². The van der Waals surface area contributed by atoms with Crippen molar-refractivity contribution >= 4 is 15.9 Å². The second-order valence-corrected chi connectivity index (χ2v) is 9.92. The lowest BCUT2D eigenvalue weighted by molar-refractivity contribution is 0.297. The van der Waals surface area contributed by atoms with Crippen molar-refractivity contribution in [3.8, 4) is 22.8 Å². The van der Waals surface area contributed by atoms with Crippen LogP contribution in [0.4, 0.5) is 0 Å². The quantitative estimate of drug-likeness (QED) is 0.352. The first-order chi connectivity index (χ1) is 16.0. The summed E-state index contributed by atoms with van der Waals surface area (Å²) < 4.78 is 13.0. The van der Waals surface area contributed by atoms with Gasteiger partial charge in [-0.25, -0.2) is 15.0 Å². The van der Waals surface area contributed by atoms with Crippen molar-refractivity contribution < 1.29 is 9.15 Å². The SMILES string of the molecule is Cc1nc(COc2cc(C)n(-c3ccnc(-c4nc(C(C)(C)C)ncc4C)c3)c(=O)c2Br)co1. The van der Waals surface area contributed by atoms with Gasteiger partial charge in [0.05, 0.1) is 17.1 Å². The first-order valence-corrected chi connectivity index (χ1v) is 11.6. The van der Waals surface area contributed by atoms with Gasteiger partial charge in [-0.15, -0.1) is 0 Å². The second kappa shape index (κ2) is 9.13. The Kier molecular flexibility index (Phi) is 6.40. The largest absolute Gasteiger partial charge is 0.486 e. The first-order valence-electron chi connectivity index (χ1n) is 10.8. The van der Waals surface area contributed by atoms with Crippen LogP contribution >= 0.6 is 15.9 Å². The number of nitrogens with zero attached hydrogens (tertiary/aromatic N) is 5. The van der Waals surface area contributed by atoms with E-state index in [-0.39, 0.29) is 17.6 Å². The zero-order valence-corrected chi connectivity index (χ0v) is 21.6. The molecule has 0 aliphatic heterocycles. The third kappa shape index (κ3) is 4.79. The van der Waals surface area contributed by atoms with Gasteiger partial charge in [-0.3, -0.25) is 14.3 Å². The minimum Gasteiger partial charge on any atom is -0.486 e. The van der Waals surface area contributed by atoms with E-state index in [1.165, 1.54) is 6.26 Å².